The minimum absolute atomic E-state index is 0.0930. The molecule has 0 saturated carbocycles. The highest BCUT2D eigenvalue weighted by molar-refractivity contribution is 5.94. The molecule has 0 radical (unpaired) electrons. The van der Waals surface area contributed by atoms with Gasteiger partial charge in [-0.15, -0.1) is 0 Å². The Morgan fingerprint density at radius 2 is 1.64 bits per heavy atom. The Morgan fingerprint density at radius 3 is 2.31 bits per heavy atom. The van der Waals surface area contributed by atoms with E-state index >= 15 is 0 Å². The number of aromatic hydroxyl groups is 1. The van der Waals surface area contributed by atoms with Gasteiger partial charge in [0.25, 0.3) is 0 Å². The summed E-state index contributed by atoms with van der Waals surface area (Å²) >= 11 is 0. The molecule has 39 heavy (non-hydrogen) atoms. The molecule has 0 saturated heterocycles. The summed E-state index contributed by atoms with van der Waals surface area (Å²) < 4.78 is 0. The zero-order chi connectivity index (χ0) is 28.5. The van der Waals surface area contributed by atoms with Crippen molar-refractivity contribution >= 4 is 34.6 Å². The van der Waals surface area contributed by atoms with E-state index in [1.165, 1.54) is 12.1 Å². The van der Waals surface area contributed by atoms with Crippen LogP contribution in [0.3, 0.4) is 0 Å². The molecule has 0 spiro atoms. The van der Waals surface area contributed by atoms with Crippen LogP contribution in [0.15, 0.2) is 54.7 Å². The Bertz CT molecular complexity index is 1310. The average Bonchev–Trinajstić information content (AvgIpc) is 3.33. The van der Waals surface area contributed by atoms with Gasteiger partial charge in [0, 0.05) is 23.5 Å². The summed E-state index contributed by atoms with van der Waals surface area (Å²) in [5, 5.41) is 27.1. The van der Waals surface area contributed by atoms with Gasteiger partial charge in [0.2, 0.25) is 17.7 Å². The van der Waals surface area contributed by atoms with Crippen LogP contribution >= 0.6 is 0 Å². The van der Waals surface area contributed by atoms with Gasteiger partial charge >= 0.3 is 5.97 Å². The second-order valence-corrected chi connectivity index (χ2v) is 9.59. The predicted molar refractivity (Wildman–Crippen MR) is 146 cm³/mol. The van der Waals surface area contributed by atoms with E-state index in [9.17, 15) is 24.3 Å². The third-order valence-corrected chi connectivity index (χ3v) is 6.67. The molecule has 11 heteroatoms. The summed E-state index contributed by atoms with van der Waals surface area (Å²) in [5.41, 5.74) is 8.54. The van der Waals surface area contributed by atoms with Crippen molar-refractivity contribution in [1.29, 1.82) is 0 Å². The molecule has 8 N–H and O–H groups in total. The number of carbonyl (C=O) groups is 4. The number of aliphatic carboxylic acids is 1. The van der Waals surface area contributed by atoms with E-state index in [1.807, 2.05) is 31.2 Å². The number of hydrogen-bond donors (Lipinski definition) is 7. The topological polar surface area (TPSA) is 187 Å². The summed E-state index contributed by atoms with van der Waals surface area (Å²) in [4.78, 5) is 53.4. The number of phenolic OH excluding ortho intramolecular Hbond substituents is 1. The number of fused-ring (bicyclic) bond motifs is 1. The lowest BCUT2D eigenvalue weighted by Crippen LogP contribution is -2.58. The lowest BCUT2D eigenvalue weighted by molar-refractivity contribution is -0.139. The highest BCUT2D eigenvalue weighted by atomic mass is 16.4. The Hall–Kier alpha value is -4.38. The number of nitrogens with one attached hydrogen (secondary N) is 4. The molecular weight excluding hydrogens is 502 g/mol. The number of phenols is 1. The molecule has 1 heterocycles. The highest BCUT2D eigenvalue weighted by Gasteiger charge is 2.31. The van der Waals surface area contributed by atoms with Crippen LogP contribution in [0, 0.1) is 5.92 Å². The number of carboxylic acid groups (broad SMARTS) is 1. The number of hydrogen-bond acceptors (Lipinski definition) is 6. The van der Waals surface area contributed by atoms with Crippen molar-refractivity contribution in [3.05, 3.63) is 65.9 Å². The largest absolute Gasteiger partial charge is 0.508 e. The number of aromatic nitrogens is 1. The molecule has 0 fully saturated rings. The smallest absolute Gasteiger partial charge is 0.322 e. The van der Waals surface area contributed by atoms with Crippen LogP contribution in [-0.4, -0.2) is 63.6 Å². The monoisotopic (exact) mass is 537 g/mol. The molecule has 2 aromatic carbocycles. The Morgan fingerprint density at radius 1 is 0.949 bits per heavy atom. The first kappa shape index (κ1) is 29.2. The lowest BCUT2D eigenvalue weighted by Gasteiger charge is -2.27. The van der Waals surface area contributed by atoms with Crippen molar-refractivity contribution in [2.75, 3.05) is 6.54 Å². The van der Waals surface area contributed by atoms with Gasteiger partial charge in [-0.3, -0.25) is 19.2 Å². The fraction of sp³-hybridized carbons (Fsp3) is 0.357. The summed E-state index contributed by atoms with van der Waals surface area (Å²) in [7, 11) is 0. The molecule has 3 amide bonds. The summed E-state index contributed by atoms with van der Waals surface area (Å²) in [6.45, 7) is 3.04. The second kappa shape index (κ2) is 13.4. The minimum Gasteiger partial charge on any atom is -0.508 e. The normalized spacial score (nSPS) is 14.1. The number of carboxylic acids is 1. The zero-order valence-electron chi connectivity index (χ0n) is 21.9. The molecule has 0 aliphatic heterocycles. The number of H-pyrrole nitrogens is 1. The van der Waals surface area contributed by atoms with Crippen LogP contribution in [0.4, 0.5) is 0 Å². The second-order valence-electron chi connectivity index (χ2n) is 9.59. The third-order valence-electron chi connectivity index (χ3n) is 6.67. The van der Waals surface area contributed by atoms with Gasteiger partial charge in [-0.2, -0.15) is 0 Å². The summed E-state index contributed by atoms with van der Waals surface area (Å²) in [6.07, 6.45) is 2.61. The van der Waals surface area contributed by atoms with Crippen molar-refractivity contribution in [3.8, 4) is 5.75 Å². The van der Waals surface area contributed by atoms with Crippen LogP contribution in [0.5, 0.6) is 5.75 Å². The average molecular weight is 538 g/mol. The highest BCUT2D eigenvalue weighted by Crippen LogP contribution is 2.20. The van der Waals surface area contributed by atoms with E-state index in [1.54, 1.807) is 25.3 Å². The molecule has 1 aromatic heterocycles. The Labute approximate surface area is 226 Å². The van der Waals surface area contributed by atoms with Crippen LogP contribution in [0.25, 0.3) is 10.9 Å². The van der Waals surface area contributed by atoms with Gasteiger partial charge in [0.05, 0.1) is 6.04 Å². The van der Waals surface area contributed by atoms with Crippen LogP contribution < -0.4 is 21.7 Å². The minimum atomic E-state index is -1.20. The van der Waals surface area contributed by atoms with E-state index in [0.717, 1.165) is 22.0 Å². The maximum absolute atomic E-state index is 13.5. The zero-order valence-corrected chi connectivity index (χ0v) is 21.9. The van der Waals surface area contributed by atoms with Crippen molar-refractivity contribution in [3.63, 3.8) is 0 Å². The fourth-order valence-corrected chi connectivity index (χ4v) is 4.22. The summed E-state index contributed by atoms with van der Waals surface area (Å²) in [6, 6.07) is 10.8. The molecule has 0 aliphatic carbocycles. The molecule has 4 atom stereocenters. The first-order valence-electron chi connectivity index (χ1n) is 12.8. The van der Waals surface area contributed by atoms with Crippen molar-refractivity contribution in [2.45, 2.75) is 51.2 Å². The van der Waals surface area contributed by atoms with E-state index in [4.69, 9.17) is 10.8 Å². The molecule has 11 nitrogen and oxygen atoms in total. The number of carbonyl (C=O) groups excluding carboxylic acids is 3. The maximum Gasteiger partial charge on any atom is 0.322 e. The van der Waals surface area contributed by atoms with Gasteiger partial charge < -0.3 is 36.9 Å². The number of aromatic amines is 1. The molecule has 3 rings (SSSR count). The third kappa shape index (κ3) is 8.05. The molecule has 0 bridgehead atoms. The first-order valence-corrected chi connectivity index (χ1v) is 12.8. The molecule has 0 aliphatic rings. The van der Waals surface area contributed by atoms with Crippen molar-refractivity contribution < 1.29 is 29.4 Å². The quantitative estimate of drug-likeness (QED) is 0.171. The fourth-order valence-electron chi connectivity index (χ4n) is 4.22. The van der Waals surface area contributed by atoms with Gasteiger partial charge in [0.1, 0.15) is 24.4 Å². The number of benzene rings is 2. The van der Waals surface area contributed by atoms with E-state index in [2.05, 4.69) is 20.9 Å². The SMILES string of the molecule is CCC(C)C(NC(=O)C(Cc1c[nH]c2ccccc12)NC(=O)C(N)Cc1ccc(O)cc1)C(=O)NCC(=O)O. The number of nitrogens with two attached hydrogens (primary N) is 1. The van der Waals surface area contributed by atoms with Gasteiger partial charge in [0.15, 0.2) is 0 Å². The molecular formula is C28H35N5O6. The standard InChI is InChI=1S/C28H35N5O6/c1-3-16(2)25(28(39)31-15-24(35)36)33-27(38)23(13-18-14-30-22-7-5-4-6-20(18)22)32-26(37)21(29)12-17-8-10-19(34)11-9-17/h4-11,14,16,21,23,25,30,34H,3,12-13,15,29H2,1-2H3,(H,31,39)(H,32,37)(H,33,38)(H,35,36). The first-order chi connectivity index (χ1) is 18.6. The Balaban J connectivity index is 1.82. The van der Waals surface area contributed by atoms with Gasteiger partial charge in [-0.1, -0.05) is 50.6 Å². The lowest BCUT2D eigenvalue weighted by atomic mass is 9.97. The Kier molecular flexibility index (Phi) is 10.0. The van der Waals surface area contributed by atoms with E-state index < -0.39 is 48.4 Å². The van der Waals surface area contributed by atoms with Crippen molar-refractivity contribution in [2.24, 2.45) is 11.7 Å². The maximum atomic E-state index is 13.5. The molecule has 208 valence electrons. The van der Waals surface area contributed by atoms with Crippen molar-refractivity contribution in [1.82, 2.24) is 20.9 Å². The van der Waals surface area contributed by atoms with E-state index in [0.29, 0.717) is 6.42 Å². The number of amides is 3. The van der Waals surface area contributed by atoms with Crippen LogP contribution in [0.1, 0.15) is 31.4 Å². The summed E-state index contributed by atoms with van der Waals surface area (Å²) in [5.74, 6) is -3.19. The molecule has 4 unspecified atom stereocenters. The van der Waals surface area contributed by atoms with Crippen LogP contribution in [0.2, 0.25) is 0 Å². The predicted octanol–water partition coefficient (Wildman–Crippen LogP) is 1.20. The van der Waals surface area contributed by atoms with Gasteiger partial charge in [-0.25, -0.2) is 0 Å². The number of rotatable bonds is 13. The number of para-hydroxylation sites is 1. The van der Waals surface area contributed by atoms with Crippen LogP contribution in [-0.2, 0) is 32.0 Å². The van der Waals surface area contributed by atoms with E-state index in [-0.39, 0.29) is 24.5 Å². The van der Waals surface area contributed by atoms with Gasteiger partial charge in [-0.05, 0) is 41.7 Å². The molecule has 3 aromatic rings.